The van der Waals surface area contributed by atoms with Gasteiger partial charge in [0, 0.05) is 17.3 Å². The summed E-state index contributed by atoms with van der Waals surface area (Å²) in [6.45, 7) is 1.81. The lowest BCUT2D eigenvalue weighted by atomic mass is 10.1. The minimum absolute atomic E-state index is 0.0781. The van der Waals surface area contributed by atoms with Crippen molar-refractivity contribution in [3.63, 3.8) is 0 Å². The van der Waals surface area contributed by atoms with Gasteiger partial charge in [-0.3, -0.25) is 4.79 Å². The number of nitrogens with zero attached hydrogens (tertiary/aromatic N) is 1. The maximum Gasteiger partial charge on any atom is 0.279 e. The van der Waals surface area contributed by atoms with Gasteiger partial charge in [0.15, 0.2) is 6.54 Å². The smallest absolute Gasteiger partial charge is 0.279 e. The van der Waals surface area contributed by atoms with Crippen LogP contribution in [0.1, 0.15) is 24.1 Å². The van der Waals surface area contributed by atoms with Crippen molar-refractivity contribution < 1.29 is 18.9 Å². The molecule has 0 aliphatic carbocycles. The molecule has 6 heteroatoms. The van der Waals surface area contributed by atoms with Crippen LogP contribution in [0.25, 0.3) is 0 Å². The number of carbonyl (C=O) groups excluding carboxylic acids is 1. The summed E-state index contributed by atoms with van der Waals surface area (Å²) in [5.41, 5.74) is 1.32. The zero-order chi connectivity index (χ0) is 16.8. The molecule has 0 heterocycles. The third kappa shape index (κ3) is 4.59. The first-order chi connectivity index (χ1) is 11.0. The van der Waals surface area contributed by atoms with Gasteiger partial charge in [-0.05, 0) is 37.3 Å². The Labute approximate surface area is 132 Å². The molecule has 0 aliphatic rings. The summed E-state index contributed by atoms with van der Waals surface area (Å²) < 4.78 is 26.6. The van der Waals surface area contributed by atoms with Crippen LogP contribution in [0.2, 0.25) is 0 Å². The van der Waals surface area contributed by atoms with Crippen LogP contribution in [0.5, 0.6) is 0 Å². The molecule has 2 aromatic rings. The zero-order valence-electron chi connectivity index (χ0n) is 12.5. The van der Waals surface area contributed by atoms with Gasteiger partial charge in [-0.1, -0.05) is 6.07 Å². The Hall–Kier alpha value is -2.78. The first kappa shape index (κ1) is 16.6. The molecule has 1 amide bonds. The summed E-state index contributed by atoms with van der Waals surface area (Å²) >= 11 is 0. The molecule has 2 aromatic carbocycles. The Morgan fingerprint density at radius 3 is 2.78 bits per heavy atom. The van der Waals surface area contributed by atoms with Crippen molar-refractivity contribution in [2.75, 3.05) is 11.9 Å². The van der Waals surface area contributed by atoms with E-state index in [0.717, 1.165) is 6.07 Å². The van der Waals surface area contributed by atoms with Gasteiger partial charge in [0.25, 0.3) is 5.91 Å². The van der Waals surface area contributed by atoms with Crippen LogP contribution >= 0.6 is 0 Å². The molecule has 118 valence electrons. The third-order valence-corrected chi connectivity index (χ3v) is 3.39. The molecule has 0 saturated carbocycles. The summed E-state index contributed by atoms with van der Waals surface area (Å²) in [5, 5.41) is 13.1. The van der Waals surface area contributed by atoms with Crippen LogP contribution in [0.3, 0.4) is 0 Å². The Balaban J connectivity index is 1.92. The molecule has 0 spiro atoms. The van der Waals surface area contributed by atoms with Crippen molar-refractivity contribution in [1.29, 1.82) is 5.26 Å². The molecule has 2 rings (SSSR count). The fourth-order valence-corrected chi connectivity index (χ4v) is 2.16. The van der Waals surface area contributed by atoms with Gasteiger partial charge in [0.05, 0.1) is 11.6 Å². The van der Waals surface area contributed by atoms with Crippen LogP contribution in [-0.4, -0.2) is 12.5 Å². The van der Waals surface area contributed by atoms with Gasteiger partial charge in [-0.2, -0.15) is 5.26 Å². The lowest BCUT2D eigenvalue weighted by molar-refractivity contribution is -0.682. The highest BCUT2D eigenvalue weighted by molar-refractivity contribution is 5.91. The summed E-state index contributed by atoms with van der Waals surface area (Å²) in [7, 11) is 0. The van der Waals surface area contributed by atoms with Crippen molar-refractivity contribution >= 4 is 11.6 Å². The second-order valence-electron chi connectivity index (χ2n) is 5.14. The van der Waals surface area contributed by atoms with E-state index in [2.05, 4.69) is 5.32 Å². The van der Waals surface area contributed by atoms with E-state index in [-0.39, 0.29) is 18.5 Å². The van der Waals surface area contributed by atoms with Crippen LogP contribution in [-0.2, 0) is 4.79 Å². The summed E-state index contributed by atoms with van der Waals surface area (Å²) in [5.74, 6) is -1.53. The topological polar surface area (TPSA) is 69.5 Å². The highest BCUT2D eigenvalue weighted by Gasteiger charge is 2.16. The molecule has 1 atom stereocenters. The van der Waals surface area contributed by atoms with Crippen LogP contribution in [0.4, 0.5) is 14.5 Å². The maximum atomic E-state index is 13.7. The number of halogens is 2. The van der Waals surface area contributed by atoms with E-state index < -0.39 is 11.6 Å². The van der Waals surface area contributed by atoms with Crippen LogP contribution in [0.15, 0.2) is 42.5 Å². The van der Waals surface area contributed by atoms with Gasteiger partial charge in [-0.15, -0.1) is 0 Å². The minimum atomic E-state index is -0.631. The second kappa shape index (κ2) is 7.47. The lowest BCUT2D eigenvalue weighted by Crippen LogP contribution is -2.86. The highest BCUT2D eigenvalue weighted by atomic mass is 19.1. The molecule has 0 aromatic heterocycles. The molecular formula is C17H16F2N3O+. The van der Waals surface area contributed by atoms with E-state index in [0.29, 0.717) is 16.8 Å². The molecule has 23 heavy (non-hydrogen) atoms. The van der Waals surface area contributed by atoms with Crippen LogP contribution < -0.4 is 10.6 Å². The number of hydrogen-bond donors (Lipinski definition) is 2. The molecule has 4 nitrogen and oxygen atoms in total. The standard InChI is InChI=1S/C17H15F2N3O/c1-11(15-6-5-13(18)8-16(15)19)21-10-17(23)22-14-4-2-3-12(7-14)9-20/h2-8,11,21H,10H2,1H3,(H,22,23)/p+1/t11-/m0/s1. The summed E-state index contributed by atoms with van der Waals surface area (Å²) in [6.07, 6.45) is 0. The first-order valence-electron chi connectivity index (χ1n) is 7.08. The van der Waals surface area contributed by atoms with Gasteiger partial charge in [-0.25, -0.2) is 8.78 Å². The lowest BCUT2D eigenvalue weighted by Gasteiger charge is -2.12. The minimum Gasteiger partial charge on any atom is -0.332 e. The summed E-state index contributed by atoms with van der Waals surface area (Å²) in [4.78, 5) is 11.9. The zero-order valence-corrected chi connectivity index (χ0v) is 12.5. The number of benzene rings is 2. The fraction of sp³-hybridized carbons (Fsp3) is 0.176. The SMILES string of the molecule is C[C@H]([NH2+]CC(=O)Nc1cccc(C#N)c1)c1ccc(F)cc1F. The normalized spacial score (nSPS) is 11.6. The number of rotatable bonds is 5. The van der Waals surface area contributed by atoms with Crippen molar-refractivity contribution in [3.8, 4) is 6.07 Å². The van der Waals surface area contributed by atoms with E-state index >= 15 is 0 Å². The molecule has 0 saturated heterocycles. The molecule has 0 bridgehead atoms. The Kier molecular flexibility index (Phi) is 5.39. The van der Waals surface area contributed by atoms with E-state index in [9.17, 15) is 13.6 Å². The number of amides is 1. The van der Waals surface area contributed by atoms with Crippen molar-refractivity contribution in [3.05, 3.63) is 65.2 Å². The molecule has 0 fully saturated rings. The van der Waals surface area contributed by atoms with Gasteiger partial charge in [0.2, 0.25) is 0 Å². The number of nitriles is 1. The molecule has 3 N–H and O–H groups in total. The Morgan fingerprint density at radius 1 is 1.30 bits per heavy atom. The maximum absolute atomic E-state index is 13.7. The van der Waals surface area contributed by atoms with Gasteiger partial charge < -0.3 is 10.6 Å². The predicted octanol–water partition coefficient (Wildman–Crippen LogP) is 2.10. The number of hydrogen-bond acceptors (Lipinski definition) is 2. The van der Waals surface area contributed by atoms with E-state index in [1.54, 1.807) is 36.5 Å². The van der Waals surface area contributed by atoms with Crippen molar-refractivity contribution in [2.24, 2.45) is 0 Å². The first-order valence-corrected chi connectivity index (χ1v) is 7.08. The van der Waals surface area contributed by atoms with Crippen molar-refractivity contribution in [2.45, 2.75) is 13.0 Å². The predicted molar refractivity (Wildman–Crippen MR) is 81.4 cm³/mol. The second-order valence-corrected chi connectivity index (χ2v) is 5.14. The fourth-order valence-electron chi connectivity index (χ4n) is 2.16. The van der Waals surface area contributed by atoms with E-state index in [1.807, 2.05) is 6.07 Å². The number of anilines is 1. The number of nitrogens with two attached hydrogens (primary N) is 1. The van der Waals surface area contributed by atoms with Gasteiger partial charge in [0.1, 0.15) is 17.7 Å². The molecular weight excluding hydrogens is 300 g/mol. The van der Waals surface area contributed by atoms with E-state index in [4.69, 9.17) is 5.26 Å². The van der Waals surface area contributed by atoms with Gasteiger partial charge >= 0.3 is 0 Å². The Bertz CT molecular complexity index is 756. The number of nitrogens with one attached hydrogen (secondary N) is 1. The summed E-state index contributed by atoms with van der Waals surface area (Å²) in [6, 6.07) is 11.6. The quantitative estimate of drug-likeness (QED) is 0.887. The number of carbonyl (C=O) groups is 1. The van der Waals surface area contributed by atoms with Crippen molar-refractivity contribution in [1.82, 2.24) is 0 Å². The average molecular weight is 316 g/mol. The Morgan fingerprint density at radius 2 is 2.09 bits per heavy atom. The third-order valence-electron chi connectivity index (χ3n) is 3.39. The van der Waals surface area contributed by atoms with E-state index in [1.165, 1.54) is 12.1 Å². The molecule has 0 radical (unpaired) electrons. The largest absolute Gasteiger partial charge is 0.332 e. The molecule has 0 aliphatic heterocycles. The average Bonchev–Trinajstić information content (AvgIpc) is 2.53. The number of quaternary nitrogens is 1. The molecule has 0 unspecified atom stereocenters. The van der Waals surface area contributed by atoms with Crippen LogP contribution in [0, 0.1) is 23.0 Å². The highest BCUT2D eigenvalue weighted by Crippen LogP contribution is 2.14. The monoisotopic (exact) mass is 316 g/mol.